The molecule has 0 aliphatic rings. The van der Waals surface area contributed by atoms with Gasteiger partial charge in [0.05, 0.1) is 33.4 Å². The largest absolute Gasteiger partial charge is 0.309 e. The molecule has 0 fully saturated rings. The Morgan fingerprint density at radius 2 is 0.562 bits per heavy atom. The van der Waals surface area contributed by atoms with Gasteiger partial charge in [0.15, 0.2) is 17.5 Å². The molecule has 5 heteroatoms. The average molecular weight is 1020 g/mol. The highest BCUT2D eigenvalue weighted by Gasteiger charge is 2.22. The van der Waals surface area contributed by atoms with E-state index in [2.05, 4.69) is 288 Å². The predicted molar refractivity (Wildman–Crippen MR) is 332 cm³/mol. The minimum absolute atomic E-state index is 0.575. The van der Waals surface area contributed by atoms with Gasteiger partial charge in [-0.25, -0.2) is 15.0 Å². The molecule has 0 saturated carbocycles. The van der Waals surface area contributed by atoms with Crippen LogP contribution in [0.25, 0.3) is 145 Å². The van der Waals surface area contributed by atoms with E-state index in [4.69, 9.17) is 15.0 Å². The number of rotatable bonds is 10. The van der Waals surface area contributed by atoms with Crippen LogP contribution in [0.15, 0.2) is 297 Å². The van der Waals surface area contributed by atoms with Crippen LogP contribution in [0.3, 0.4) is 0 Å². The Morgan fingerprint density at radius 1 is 0.188 bits per heavy atom. The number of para-hydroxylation sites is 2. The first-order chi connectivity index (χ1) is 39.7. The van der Waals surface area contributed by atoms with Crippen LogP contribution in [-0.2, 0) is 0 Å². The monoisotopic (exact) mass is 1020 g/mol. The lowest BCUT2D eigenvalue weighted by Crippen LogP contribution is -2.03. The van der Waals surface area contributed by atoms with Crippen LogP contribution in [0.1, 0.15) is 0 Å². The molecular weight excluding hydrogens is 971 g/mol. The van der Waals surface area contributed by atoms with E-state index in [9.17, 15) is 0 Å². The van der Waals surface area contributed by atoms with Crippen LogP contribution >= 0.6 is 0 Å². The van der Waals surface area contributed by atoms with Crippen molar-refractivity contribution in [3.05, 3.63) is 297 Å². The molecule has 3 aromatic heterocycles. The van der Waals surface area contributed by atoms with Gasteiger partial charge in [0.1, 0.15) is 0 Å². The summed E-state index contributed by atoms with van der Waals surface area (Å²) in [7, 11) is 0. The van der Waals surface area contributed by atoms with Gasteiger partial charge < -0.3 is 9.13 Å². The van der Waals surface area contributed by atoms with Gasteiger partial charge in [-0.2, -0.15) is 0 Å². The Labute approximate surface area is 463 Å². The summed E-state index contributed by atoms with van der Waals surface area (Å²) in [6, 6.07) is 106. The lowest BCUT2D eigenvalue weighted by molar-refractivity contribution is 1.07. The quantitative estimate of drug-likeness (QED) is 0.137. The van der Waals surface area contributed by atoms with Gasteiger partial charge in [-0.3, -0.25) is 0 Å². The summed E-state index contributed by atoms with van der Waals surface area (Å²) in [5.74, 6) is 1.75. The molecule has 5 nitrogen and oxygen atoms in total. The van der Waals surface area contributed by atoms with E-state index >= 15 is 0 Å². The zero-order valence-corrected chi connectivity index (χ0v) is 43.5. The van der Waals surface area contributed by atoms with E-state index in [1.165, 1.54) is 32.7 Å². The Hall–Kier alpha value is -10.8. The summed E-state index contributed by atoms with van der Waals surface area (Å²) in [6.07, 6.45) is 0. The second kappa shape index (κ2) is 19.7. The van der Waals surface area contributed by atoms with Gasteiger partial charge in [0, 0.05) is 49.4 Å². The molecule has 0 aliphatic carbocycles. The summed E-state index contributed by atoms with van der Waals surface area (Å²) in [6.45, 7) is 0. The highest BCUT2D eigenvalue weighted by molar-refractivity contribution is 6.13. The van der Waals surface area contributed by atoms with Crippen molar-refractivity contribution in [1.82, 2.24) is 24.1 Å². The zero-order valence-electron chi connectivity index (χ0n) is 43.5. The first kappa shape index (κ1) is 46.5. The number of hydrogen-bond donors (Lipinski definition) is 0. The first-order valence-corrected chi connectivity index (χ1v) is 27.2. The Morgan fingerprint density at radius 3 is 1.10 bits per heavy atom. The van der Waals surface area contributed by atoms with Gasteiger partial charge in [-0.05, 0) is 111 Å². The number of aromatic nitrogens is 5. The topological polar surface area (TPSA) is 48.5 Å². The van der Waals surface area contributed by atoms with Gasteiger partial charge in [-0.1, -0.05) is 231 Å². The third-order valence-electron chi connectivity index (χ3n) is 15.6. The van der Waals surface area contributed by atoms with Crippen molar-refractivity contribution in [1.29, 1.82) is 0 Å². The molecule has 0 N–H and O–H groups in total. The molecule has 3 heterocycles. The maximum atomic E-state index is 5.48. The standard InChI is InChI=1S/C75H49N5/c1-6-21-50(22-7-1)55-31-20-32-58(45-55)61-41-37-60(49-72(61)80-70-42-38-56(51-23-8-2-9-24-51)46-65(70)66-47-57(39-43-71(66)80)52-25-10-3-11-26-52)75-77-73(54-29-14-5-15-30-54)76-74(78-75)59-40-44-69(64(48-59)53-27-12-4-13-28-53)79-67-35-18-16-33-62(67)63-34-17-19-36-68(63)79/h1-49H. The second-order valence-electron chi connectivity index (χ2n) is 20.3. The average Bonchev–Trinajstić information content (AvgIpc) is 4.25. The molecule has 80 heavy (non-hydrogen) atoms. The fourth-order valence-electron chi connectivity index (χ4n) is 11.8. The molecule has 374 valence electrons. The highest BCUT2D eigenvalue weighted by atomic mass is 15.0. The van der Waals surface area contributed by atoms with Crippen molar-refractivity contribution < 1.29 is 0 Å². The van der Waals surface area contributed by atoms with Crippen LogP contribution < -0.4 is 0 Å². The molecule has 12 aromatic carbocycles. The molecular formula is C75H49N5. The van der Waals surface area contributed by atoms with E-state index in [0.717, 1.165) is 94.6 Å². The van der Waals surface area contributed by atoms with E-state index in [-0.39, 0.29) is 0 Å². The third-order valence-corrected chi connectivity index (χ3v) is 15.6. The van der Waals surface area contributed by atoms with Crippen LogP contribution in [0.4, 0.5) is 0 Å². The van der Waals surface area contributed by atoms with Crippen molar-refractivity contribution in [2.24, 2.45) is 0 Å². The van der Waals surface area contributed by atoms with Crippen molar-refractivity contribution in [3.8, 4) is 101 Å². The first-order valence-electron chi connectivity index (χ1n) is 27.2. The molecule has 0 radical (unpaired) electrons. The fraction of sp³-hybridized carbons (Fsp3) is 0. The molecule has 15 rings (SSSR count). The second-order valence-corrected chi connectivity index (χ2v) is 20.3. The molecule has 0 atom stereocenters. The number of nitrogens with zero attached hydrogens (tertiary/aromatic N) is 5. The van der Waals surface area contributed by atoms with Crippen molar-refractivity contribution in [3.63, 3.8) is 0 Å². The smallest absolute Gasteiger partial charge is 0.164 e. The van der Waals surface area contributed by atoms with Crippen molar-refractivity contribution >= 4 is 43.6 Å². The van der Waals surface area contributed by atoms with E-state index in [1.54, 1.807) is 0 Å². The molecule has 15 aromatic rings. The molecule has 0 unspecified atom stereocenters. The summed E-state index contributed by atoms with van der Waals surface area (Å²) in [5.41, 5.74) is 20.6. The SMILES string of the molecule is c1ccc(-c2cccc(-c3ccc(-c4nc(-c5ccccc5)nc(-c5ccc(-n6c7ccccc7c7ccccc76)c(-c6ccccc6)c5)n4)cc3-n3c4ccc(-c5ccccc5)cc4c4cc(-c5ccccc5)ccc43)c2)cc1. The minimum atomic E-state index is 0.575. The number of benzene rings is 12. The van der Waals surface area contributed by atoms with Gasteiger partial charge in [-0.15, -0.1) is 0 Å². The van der Waals surface area contributed by atoms with Crippen molar-refractivity contribution in [2.75, 3.05) is 0 Å². The maximum Gasteiger partial charge on any atom is 0.164 e. The Bertz CT molecular complexity index is 4650. The molecule has 0 spiro atoms. The van der Waals surface area contributed by atoms with Crippen LogP contribution in [-0.4, -0.2) is 24.1 Å². The zero-order chi connectivity index (χ0) is 52.9. The molecule has 0 amide bonds. The van der Waals surface area contributed by atoms with E-state index < -0.39 is 0 Å². The highest BCUT2D eigenvalue weighted by Crippen LogP contribution is 2.43. The molecule has 0 aliphatic heterocycles. The van der Waals surface area contributed by atoms with E-state index in [0.29, 0.717) is 17.5 Å². The summed E-state index contributed by atoms with van der Waals surface area (Å²) in [4.78, 5) is 16.2. The lowest BCUT2D eigenvalue weighted by Gasteiger charge is -2.18. The van der Waals surface area contributed by atoms with E-state index in [1.807, 2.05) is 18.2 Å². The molecule has 0 saturated heterocycles. The third kappa shape index (κ3) is 8.24. The normalized spacial score (nSPS) is 11.5. The summed E-state index contributed by atoms with van der Waals surface area (Å²) >= 11 is 0. The summed E-state index contributed by atoms with van der Waals surface area (Å²) in [5, 5.41) is 4.76. The lowest BCUT2D eigenvalue weighted by atomic mass is 9.96. The Kier molecular flexibility index (Phi) is 11.4. The number of fused-ring (bicyclic) bond motifs is 6. The predicted octanol–water partition coefficient (Wildman–Crippen LogP) is 19.4. The van der Waals surface area contributed by atoms with Gasteiger partial charge in [0.2, 0.25) is 0 Å². The van der Waals surface area contributed by atoms with Gasteiger partial charge >= 0.3 is 0 Å². The molecule has 0 bridgehead atoms. The van der Waals surface area contributed by atoms with Crippen LogP contribution in [0.2, 0.25) is 0 Å². The van der Waals surface area contributed by atoms with Crippen molar-refractivity contribution in [2.45, 2.75) is 0 Å². The minimum Gasteiger partial charge on any atom is -0.309 e. The Balaban J connectivity index is 0.967. The maximum absolute atomic E-state index is 5.48. The van der Waals surface area contributed by atoms with Crippen LogP contribution in [0.5, 0.6) is 0 Å². The summed E-state index contributed by atoms with van der Waals surface area (Å²) < 4.78 is 4.84. The van der Waals surface area contributed by atoms with Crippen LogP contribution in [0, 0.1) is 0 Å². The van der Waals surface area contributed by atoms with Gasteiger partial charge in [0.25, 0.3) is 0 Å². The fourth-order valence-corrected chi connectivity index (χ4v) is 11.8. The number of hydrogen-bond acceptors (Lipinski definition) is 3.